The summed E-state index contributed by atoms with van der Waals surface area (Å²) in [6.07, 6.45) is 3.42. The van der Waals surface area contributed by atoms with E-state index in [1.807, 2.05) is 35.7 Å². The molecule has 0 aliphatic heterocycles. The Hall–Kier alpha value is -3.42. The van der Waals surface area contributed by atoms with Crippen LogP contribution in [0.25, 0.3) is 17.1 Å². The van der Waals surface area contributed by atoms with Crippen molar-refractivity contribution in [2.24, 2.45) is 0 Å². The van der Waals surface area contributed by atoms with E-state index in [-0.39, 0.29) is 17.6 Å². The quantitative estimate of drug-likeness (QED) is 0.600. The predicted molar refractivity (Wildman–Crippen MR) is 85.2 cm³/mol. The average molecular weight is 322 g/mol. The van der Waals surface area contributed by atoms with Gasteiger partial charge in [0.05, 0.1) is 12.3 Å². The molecule has 0 fully saturated rings. The number of hydrogen-bond donors (Lipinski definition) is 2. The van der Waals surface area contributed by atoms with Crippen LogP contribution in [0.4, 0.5) is 0 Å². The molecule has 4 aromatic heterocycles. The van der Waals surface area contributed by atoms with Crippen LogP contribution in [0.2, 0.25) is 0 Å². The highest BCUT2D eigenvalue weighted by Crippen LogP contribution is 2.18. The first-order chi connectivity index (χ1) is 11.7. The lowest BCUT2D eigenvalue weighted by Crippen LogP contribution is -2.28. The number of nitrogens with zero attached hydrogens (tertiary/aromatic N) is 4. The van der Waals surface area contributed by atoms with Crippen molar-refractivity contribution >= 4 is 11.6 Å². The van der Waals surface area contributed by atoms with Gasteiger partial charge in [0.1, 0.15) is 5.69 Å². The van der Waals surface area contributed by atoms with Gasteiger partial charge in [-0.3, -0.25) is 14.3 Å². The van der Waals surface area contributed by atoms with E-state index in [0.29, 0.717) is 17.3 Å². The van der Waals surface area contributed by atoms with Crippen LogP contribution in [0.5, 0.6) is 0 Å². The number of carbonyl (C=O) groups is 1. The molecule has 1 amide bonds. The summed E-state index contributed by atoms with van der Waals surface area (Å²) >= 11 is 0. The van der Waals surface area contributed by atoms with Gasteiger partial charge >= 0.3 is 0 Å². The minimum absolute atomic E-state index is 0.280. The lowest BCUT2D eigenvalue weighted by Gasteiger charge is -2.11. The molecule has 0 unspecified atom stereocenters. The topological polar surface area (TPSA) is 101 Å². The number of hydrogen-bond acceptors (Lipinski definition) is 5. The Labute approximate surface area is 136 Å². The second kappa shape index (κ2) is 5.65. The number of aromatic amines is 1. The normalized spacial score (nSPS) is 12.4. The first-order valence-electron chi connectivity index (χ1n) is 7.42. The molecule has 0 aliphatic carbocycles. The molecule has 0 spiro atoms. The summed E-state index contributed by atoms with van der Waals surface area (Å²) < 4.78 is 7.11. The number of amides is 1. The van der Waals surface area contributed by atoms with E-state index < -0.39 is 0 Å². The third kappa shape index (κ3) is 2.43. The molecule has 0 saturated heterocycles. The molecule has 0 bridgehead atoms. The third-order valence-electron chi connectivity index (χ3n) is 3.67. The van der Waals surface area contributed by atoms with Crippen LogP contribution in [0.15, 0.2) is 53.3 Å². The van der Waals surface area contributed by atoms with Crippen LogP contribution in [0.3, 0.4) is 0 Å². The summed E-state index contributed by atoms with van der Waals surface area (Å²) in [5.74, 6) is 0.975. The van der Waals surface area contributed by atoms with Crippen molar-refractivity contribution < 1.29 is 9.21 Å². The first kappa shape index (κ1) is 14.2. The third-order valence-corrected chi connectivity index (χ3v) is 3.67. The lowest BCUT2D eigenvalue weighted by molar-refractivity contribution is 0.0933. The molecule has 24 heavy (non-hydrogen) atoms. The molecule has 8 heteroatoms. The molecule has 1 atom stereocenters. The number of rotatable bonds is 4. The average Bonchev–Trinajstić information content (AvgIpc) is 3.33. The van der Waals surface area contributed by atoms with Crippen LogP contribution in [-0.2, 0) is 0 Å². The standard InChI is InChI=1S/C16H14N6O2/c1-10(15-21-20-14-6-2-3-7-22(14)15)17-16(23)12-9-11(18-19-12)13-5-4-8-24-13/h2-10H,1H3,(H,17,23)(H,18,19)/t10-/m0/s1. The van der Waals surface area contributed by atoms with E-state index in [1.165, 1.54) is 0 Å². The molecular weight excluding hydrogens is 308 g/mol. The summed E-state index contributed by atoms with van der Waals surface area (Å²) in [6.45, 7) is 1.85. The van der Waals surface area contributed by atoms with E-state index in [1.54, 1.807) is 24.5 Å². The van der Waals surface area contributed by atoms with Crippen molar-refractivity contribution in [2.45, 2.75) is 13.0 Å². The Balaban J connectivity index is 1.53. The van der Waals surface area contributed by atoms with E-state index in [2.05, 4.69) is 25.7 Å². The number of aromatic nitrogens is 5. The fourth-order valence-corrected chi connectivity index (χ4v) is 2.49. The number of H-pyrrole nitrogens is 1. The van der Waals surface area contributed by atoms with Gasteiger partial charge in [0.2, 0.25) is 0 Å². The van der Waals surface area contributed by atoms with E-state index >= 15 is 0 Å². The minimum Gasteiger partial charge on any atom is -0.463 e. The molecule has 0 aromatic carbocycles. The summed E-state index contributed by atoms with van der Waals surface area (Å²) in [6, 6.07) is 10.5. The second-order valence-electron chi connectivity index (χ2n) is 5.33. The van der Waals surface area contributed by atoms with Crippen molar-refractivity contribution in [2.75, 3.05) is 0 Å². The zero-order chi connectivity index (χ0) is 16.5. The van der Waals surface area contributed by atoms with Gasteiger partial charge in [-0.05, 0) is 31.2 Å². The van der Waals surface area contributed by atoms with Gasteiger partial charge in [-0.2, -0.15) is 5.10 Å². The highest BCUT2D eigenvalue weighted by molar-refractivity contribution is 5.93. The fraction of sp³-hybridized carbons (Fsp3) is 0.125. The molecular formula is C16H14N6O2. The highest BCUT2D eigenvalue weighted by atomic mass is 16.3. The van der Waals surface area contributed by atoms with Gasteiger partial charge in [0.15, 0.2) is 22.9 Å². The van der Waals surface area contributed by atoms with Crippen molar-refractivity contribution in [1.29, 1.82) is 0 Å². The number of fused-ring (bicyclic) bond motifs is 1. The van der Waals surface area contributed by atoms with E-state index in [0.717, 1.165) is 5.65 Å². The molecule has 0 radical (unpaired) electrons. The number of carbonyl (C=O) groups excluding carboxylic acids is 1. The minimum atomic E-state index is -0.321. The highest BCUT2D eigenvalue weighted by Gasteiger charge is 2.19. The zero-order valence-corrected chi connectivity index (χ0v) is 12.8. The van der Waals surface area contributed by atoms with Gasteiger partial charge in [-0.1, -0.05) is 6.07 Å². The maximum Gasteiger partial charge on any atom is 0.272 e. The van der Waals surface area contributed by atoms with Crippen molar-refractivity contribution in [3.63, 3.8) is 0 Å². The Bertz CT molecular complexity index is 985. The molecule has 4 rings (SSSR count). The summed E-state index contributed by atoms with van der Waals surface area (Å²) in [5, 5.41) is 17.9. The predicted octanol–water partition coefficient (Wildman–Crippen LogP) is 2.20. The van der Waals surface area contributed by atoms with E-state index in [4.69, 9.17) is 4.42 Å². The van der Waals surface area contributed by atoms with Gasteiger partial charge in [0, 0.05) is 12.3 Å². The van der Waals surface area contributed by atoms with Gasteiger partial charge < -0.3 is 9.73 Å². The Morgan fingerprint density at radius 3 is 3.04 bits per heavy atom. The molecule has 0 aliphatic rings. The van der Waals surface area contributed by atoms with Crippen molar-refractivity contribution in [1.82, 2.24) is 30.1 Å². The van der Waals surface area contributed by atoms with Crippen LogP contribution >= 0.6 is 0 Å². The molecule has 4 heterocycles. The lowest BCUT2D eigenvalue weighted by atomic mass is 10.2. The number of pyridine rings is 1. The zero-order valence-electron chi connectivity index (χ0n) is 12.8. The van der Waals surface area contributed by atoms with Crippen LogP contribution < -0.4 is 5.32 Å². The molecule has 120 valence electrons. The molecule has 0 saturated carbocycles. The smallest absolute Gasteiger partial charge is 0.272 e. The SMILES string of the molecule is C[C@H](NC(=O)c1cc(-c2ccco2)[nH]n1)c1nnc2ccccn12. The monoisotopic (exact) mass is 322 g/mol. The summed E-state index contributed by atoms with van der Waals surface area (Å²) in [5.41, 5.74) is 1.65. The Morgan fingerprint density at radius 1 is 1.29 bits per heavy atom. The van der Waals surface area contributed by atoms with Gasteiger partial charge in [-0.15, -0.1) is 10.2 Å². The van der Waals surface area contributed by atoms with Gasteiger partial charge in [0.25, 0.3) is 5.91 Å². The summed E-state index contributed by atoms with van der Waals surface area (Å²) in [4.78, 5) is 12.4. The molecule has 8 nitrogen and oxygen atoms in total. The summed E-state index contributed by atoms with van der Waals surface area (Å²) in [7, 11) is 0. The second-order valence-corrected chi connectivity index (χ2v) is 5.33. The Kier molecular flexibility index (Phi) is 3.34. The van der Waals surface area contributed by atoms with E-state index in [9.17, 15) is 4.79 Å². The maximum absolute atomic E-state index is 12.4. The van der Waals surface area contributed by atoms with Crippen LogP contribution in [0, 0.1) is 0 Å². The molecule has 4 aromatic rings. The molecule has 2 N–H and O–H groups in total. The number of furan rings is 1. The van der Waals surface area contributed by atoms with Crippen LogP contribution in [0.1, 0.15) is 29.3 Å². The van der Waals surface area contributed by atoms with Crippen LogP contribution in [-0.4, -0.2) is 30.7 Å². The number of nitrogens with one attached hydrogen (secondary N) is 2. The van der Waals surface area contributed by atoms with Crippen molar-refractivity contribution in [3.8, 4) is 11.5 Å². The Morgan fingerprint density at radius 2 is 2.21 bits per heavy atom. The maximum atomic E-state index is 12.4. The first-order valence-corrected chi connectivity index (χ1v) is 7.42. The fourth-order valence-electron chi connectivity index (χ4n) is 2.49. The van der Waals surface area contributed by atoms with Crippen molar-refractivity contribution in [3.05, 3.63) is 60.4 Å². The largest absolute Gasteiger partial charge is 0.463 e. The van der Waals surface area contributed by atoms with Gasteiger partial charge in [-0.25, -0.2) is 0 Å².